The van der Waals surface area contributed by atoms with Crippen molar-refractivity contribution < 1.29 is 24.2 Å². The molecule has 42 heavy (non-hydrogen) atoms. The van der Waals surface area contributed by atoms with E-state index in [9.17, 15) is 19.5 Å². The molecule has 4 heterocycles. The lowest BCUT2D eigenvalue weighted by Gasteiger charge is -2.38. The number of ether oxygens (including phenoxy) is 1. The Morgan fingerprint density at radius 3 is 2.31 bits per heavy atom. The lowest BCUT2D eigenvalue weighted by molar-refractivity contribution is -0.145. The van der Waals surface area contributed by atoms with Crippen LogP contribution >= 0.6 is 11.6 Å². The van der Waals surface area contributed by atoms with Gasteiger partial charge in [-0.25, -0.2) is 0 Å². The van der Waals surface area contributed by atoms with E-state index in [1.54, 1.807) is 26.8 Å². The van der Waals surface area contributed by atoms with Crippen LogP contribution in [0.5, 0.6) is 0 Å². The molecule has 2 saturated heterocycles. The summed E-state index contributed by atoms with van der Waals surface area (Å²) in [5.74, 6) is -2.42. The van der Waals surface area contributed by atoms with Crippen LogP contribution in [-0.2, 0) is 19.1 Å². The number of nitrogens with zero attached hydrogens (tertiary/aromatic N) is 3. The van der Waals surface area contributed by atoms with Gasteiger partial charge in [0.2, 0.25) is 11.8 Å². The third-order valence-electron chi connectivity index (χ3n) is 9.21. The van der Waals surface area contributed by atoms with Crippen molar-refractivity contribution in [3.63, 3.8) is 0 Å². The molecule has 0 bridgehead atoms. The number of rotatable bonds is 8. The Balaban J connectivity index is 1.47. The van der Waals surface area contributed by atoms with E-state index in [0.717, 1.165) is 5.69 Å². The van der Waals surface area contributed by atoms with Gasteiger partial charge in [-0.05, 0) is 49.9 Å². The van der Waals surface area contributed by atoms with Crippen LogP contribution in [0.3, 0.4) is 0 Å². The molecule has 1 unspecified atom stereocenters. The predicted octanol–water partition coefficient (Wildman–Crippen LogP) is 4.37. The molecule has 1 N–H and O–H groups in total. The van der Waals surface area contributed by atoms with Gasteiger partial charge in [0, 0.05) is 31.9 Å². The van der Waals surface area contributed by atoms with Gasteiger partial charge in [-0.3, -0.25) is 14.4 Å². The van der Waals surface area contributed by atoms with E-state index in [1.165, 1.54) is 0 Å². The van der Waals surface area contributed by atoms with Crippen LogP contribution in [0.4, 0.5) is 11.4 Å². The molecule has 0 radical (unpaired) electrons. The summed E-state index contributed by atoms with van der Waals surface area (Å²) in [6.45, 7) is 2.96. The number of benzene rings is 2. The molecule has 220 valence electrons. The second kappa shape index (κ2) is 11.3. The Bertz CT molecular complexity index is 1430. The highest BCUT2D eigenvalue weighted by Gasteiger charge is 2.75. The summed E-state index contributed by atoms with van der Waals surface area (Å²) in [5.41, 5.74) is -1.07. The Labute approximate surface area is 251 Å². The maximum atomic E-state index is 14.6. The van der Waals surface area contributed by atoms with Crippen molar-refractivity contribution in [3.05, 3.63) is 83.9 Å². The summed E-state index contributed by atoms with van der Waals surface area (Å²) < 4.78 is 7.04. The van der Waals surface area contributed by atoms with E-state index in [4.69, 9.17) is 16.3 Å². The first-order chi connectivity index (χ1) is 20.4. The van der Waals surface area contributed by atoms with Crippen LogP contribution in [0.25, 0.3) is 0 Å². The third-order valence-corrected chi connectivity index (χ3v) is 9.53. The third kappa shape index (κ3) is 4.39. The van der Waals surface area contributed by atoms with Gasteiger partial charge < -0.3 is 24.5 Å². The molecule has 2 aromatic rings. The van der Waals surface area contributed by atoms with Crippen LogP contribution in [0.2, 0.25) is 5.02 Å². The predicted molar refractivity (Wildman–Crippen MR) is 161 cm³/mol. The number of hydrogen-bond donors (Lipinski definition) is 1. The number of para-hydroxylation sites is 2. The first-order valence-electron chi connectivity index (χ1n) is 14.8. The SMILES string of the molecule is CC[C@@]12C=CCN(c3ccccc3)C(=O)[C@@H]1[C@H]1C(=O)N(CCCCCO)C3C(=O)N(c4ccccc4Cl)CC=C[C@@]31O2. The molecule has 5 atom stereocenters. The van der Waals surface area contributed by atoms with Gasteiger partial charge in [0.15, 0.2) is 0 Å². The van der Waals surface area contributed by atoms with Crippen molar-refractivity contribution >= 4 is 40.7 Å². The Morgan fingerprint density at radius 1 is 0.857 bits per heavy atom. The minimum Gasteiger partial charge on any atom is -0.396 e. The summed E-state index contributed by atoms with van der Waals surface area (Å²) in [6.07, 6.45) is 10.0. The number of aliphatic hydroxyl groups is 1. The molecule has 6 rings (SSSR count). The van der Waals surface area contributed by atoms with Crippen molar-refractivity contribution in [2.75, 3.05) is 36.0 Å². The molecule has 0 aliphatic carbocycles. The smallest absolute Gasteiger partial charge is 0.253 e. The van der Waals surface area contributed by atoms with E-state index >= 15 is 0 Å². The number of fused-ring (bicyclic) bond motifs is 2. The first-order valence-corrected chi connectivity index (χ1v) is 15.2. The molecule has 8 nitrogen and oxygen atoms in total. The zero-order valence-electron chi connectivity index (χ0n) is 23.7. The van der Waals surface area contributed by atoms with Crippen molar-refractivity contribution in [2.45, 2.75) is 49.9 Å². The number of unbranched alkanes of at least 4 members (excludes halogenated alkanes) is 2. The number of anilines is 2. The standard InChI is InChI=1S/C33H36ClN3O5/c1-2-32-17-11-20-35(23-13-5-3-6-14-23)29(39)26(32)27-30(40)37(19-9-4-10-22-38)28-31(41)36(21-12-18-33(27,28)42-32)25-16-8-7-15-24(25)34/h3,5-8,11-18,26-28,38H,2,4,9-10,19-22H2,1H3/t26-,27-,28?,32+,33-/m0/s1. The summed E-state index contributed by atoms with van der Waals surface area (Å²) >= 11 is 6.55. The number of halogens is 1. The largest absolute Gasteiger partial charge is 0.396 e. The van der Waals surface area contributed by atoms with Gasteiger partial charge in [-0.2, -0.15) is 0 Å². The first kappa shape index (κ1) is 28.6. The molecule has 4 aliphatic rings. The molecule has 2 fully saturated rings. The average molecular weight is 590 g/mol. The van der Waals surface area contributed by atoms with Gasteiger partial charge in [0.05, 0.1) is 28.1 Å². The highest BCUT2D eigenvalue weighted by molar-refractivity contribution is 6.34. The second-order valence-corrected chi connectivity index (χ2v) is 11.8. The zero-order valence-corrected chi connectivity index (χ0v) is 24.5. The summed E-state index contributed by atoms with van der Waals surface area (Å²) in [6, 6.07) is 15.6. The van der Waals surface area contributed by atoms with E-state index in [-0.39, 0.29) is 30.9 Å². The van der Waals surface area contributed by atoms with Gasteiger partial charge in [0.1, 0.15) is 11.6 Å². The van der Waals surface area contributed by atoms with Crippen LogP contribution < -0.4 is 9.80 Å². The number of carbonyl (C=O) groups excluding carboxylic acids is 3. The molecule has 1 spiro atoms. The number of amides is 3. The average Bonchev–Trinajstić information content (AvgIpc) is 3.28. The van der Waals surface area contributed by atoms with Crippen LogP contribution in [0, 0.1) is 11.8 Å². The molecule has 2 aromatic carbocycles. The van der Waals surface area contributed by atoms with Gasteiger partial charge in [0.25, 0.3) is 5.91 Å². The fraction of sp³-hybridized carbons (Fsp3) is 0.424. The number of carbonyl (C=O) groups is 3. The summed E-state index contributed by atoms with van der Waals surface area (Å²) in [4.78, 5) is 48.6. The van der Waals surface area contributed by atoms with Gasteiger partial charge >= 0.3 is 0 Å². The van der Waals surface area contributed by atoms with Crippen molar-refractivity contribution in [2.24, 2.45) is 11.8 Å². The van der Waals surface area contributed by atoms with Crippen LogP contribution in [-0.4, -0.2) is 71.2 Å². The normalized spacial score (nSPS) is 30.3. The molecular weight excluding hydrogens is 554 g/mol. The Hall–Kier alpha value is -3.46. The van der Waals surface area contributed by atoms with Crippen LogP contribution in [0.1, 0.15) is 32.6 Å². The molecular formula is C33H36ClN3O5. The highest BCUT2D eigenvalue weighted by atomic mass is 35.5. The van der Waals surface area contributed by atoms with Crippen LogP contribution in [0.15, 0.2) is 78.9 Å². The number of hydrogen-bond acceptors (Lipinski definition) is 5. The molecule has 9 heteroatoms. The zero-order chi connectivity index (χ0) is 29.5. The quantitative estimate of drug-likeness (QED) is 0.365. The molecule has 3 amide bonds. The molecule has 0 saturated carbocycles. The monoisotopic (exact) mass is 589 g/mol. The minimum atomic E-state index is -1.33. The summed E-state index contributed by atoms with van der Waals surface area (Å²) in [5, 5.41) is 9.76. The fourth-order valence-corrected chi connectivity index (χ4v) is 7.54. The van der Waals surface area contributed by atoms with Gasteiger partial charge in [-0.1, -0.05) is 73.2 Å². The Kier molecular flexibility index (Phi) is 7.72. The lowest BCUT2D eigenvalue weighted by Crippen LogP contribution is -2.56. The van der Waals surface area contributed by atoms with E-state index in [2.05, 4.69) is 0 Å². The second-order valence-electron chi connectivity index (χ2n) is 11.4. The van der Waals surface area contributed by atoms with Crippen molar-refractivity contribution in [1.82, 2.24) is 4.90 Å². The van der Waals surface area contributed by atoms with E-state index in [0.29, 0.717) is 49.5 Å². The van der Waals surface area contributed by atoms with Crippen molar-refractivity contribution in [3.8, 4) is 0 Å². The highest BCUT2D eigenvalue weighted by Crippen LogP contribution is 2.59. The van der Waals surface area contributed by atoms with Gasteiger partial charge in [-0.15, -0.1) is 0 Å². The van der Waals surface area contributed by atoms with E-state index in [1.807, 2.05) is 73.7 Å². The fourth-order valence-electron chi connectivity index (χ4n) is 7.30. The van der Waals surface area contributed by atoms with Crippen molar-refractivity contribution in [1.29, 1.82) is 0 Å². The number of aliphatic hydroxyl groups excluding tert-OH is 1. The maximum Gasteiger partial charge on any atom is 0.253 e. The van der Waals surface area contributed by atoms with E-state index < -0.39 is 29.1 Å². The Morgan fingerprint density at radius 2 is 1.57 bits per heavy atom. The lowest BCUT2D eigenvalue weighted by atomic mass is 9.73. The molecule has 4 aliphatic heterocycles. The molecule has 0 aromatic heterocycles. The number of likely N-dealkylation sites (tertiary alicyclic amines) is 1. The summed E-state index contributed by atoms with van der Waals surface area (Å²) in [7, 11) is 0. The minimum absolute atomic E-state index is 0.0618. The maximum absolute atomic E-state index is 14.6. The topological polar surface area (TPSA) is 90.4 Å².